The number of hydrogen-bond donors (Lipinski definition) is 0. The molecule has 3 heterocycles. The van der Waals surface area contributed by atoms with E-state index < -0.39 is 0 Å². The molecule has 0 aliphatic carbocycles. The molecule has 0 radical (unpaired) electrons. The van der Waals surface area contributed by atoms with Gasteiger partial charge in [-0.25, -0.2) is 9.98 Å². The second kappa shape index (κ2) is 14.4. The van der Waals surface area contributed by atoms with Crippen LogP contribution in [0.2, 0.25) is 0 Å². The Morgan fingerprint density at radius 3 is 1.76 bits per heavy atom. The number of allylic oxidation sites excluding steroid dienone is 1. The first-order chi connectivity index (χ1) is 28.7. The van der Waals surface area contributed by atoms with Gasteiger partial charge in [0, 0.05) is 53.2 Å². The van der Waals surface area contributed by atoms with Crippen molar-refractivity contribution in [3.05, 3.63) is 211 Å². The van der Waals surface area contributed by atoms with Gasteiger partial charge >= 0.3 is 0 Å². The molecule has 0 amide bonds. The Hall–Kier alpha value is -7.14. The highest BCUT2D eigenvalue weighted by molar-refractivity contribution is 7.26. The predicted octanol–water partition coefficient (Wildman–Crippen LogP) is 15.0. The molecular formula is C54H36N2OS. The molecule has 0 bridgehead atoms. The third-order valence-corrected chi connectivity index (χ3v) is 12.5. The first-order valence-electron chi connectivity index (χ1n) is 19.8. The van der Waals surface area contributed by atoms with Gasteiger partial charge in [-0.3, -0.25) is 0 Å². The van der Waals surface area contributed by atoms with Crippen LogP contribution in [0.1, 0.15) is 29.5 Å². The topological polar surface area (TPSA) is 37.9 Å². The van der Waals surface area contributed by atoms with Crippen LogP contribution in [0.15, 0.2) is 209 Å². The fourth-order valence-electron chi connectivity index (χ4n) is 8.38. The van der Waals surface area contributed by atoms with Crippen molar-refractivity contribution in [3.8, 4) is 33.4 Å². The fraction of sp³-hybridized carbons (Fsp3) is 0.0370. The van der Waals surface area contributed by atoms with E-state index in [1.807, 2.05) is 23.5 Å². The lowest BCUT2D eigenvalue weighted by molar-refractivity contribution is 0.670. The van der Waals surface area contributed by atoms with Gasteiger partial charge in [-0.05, 0) is 64.9 Å². The lowest BCUT2D eigenvalue weighted by atomic mass is 9.93. The summed E-state index contributed by atoms with van der Waals surface area (Å²) in [5.41, 5.74) is 14.0. The van der Waals surface area contributed by atoms with Crippen LogP contribution in [-0.4, -0.2) is 11.5 Å². The number of thiophene rings is 1. The second-order valence-corrected chi connectivity index (χ2v) is 15.8. The van der Waals surface area contributed by atoms with Crippen molar-refractivity contribution in [2.24, 2.45) is 9.98 Å². The summed E-state index contributed by atoms with van der Waals surface area (Å²) < 4.78 is 9.19. The first kappa shape index (κ1) is 34.1. The van der Waals surface area contributed by atoms with Gasteiger partial charge in [-0.15, -0.1) is 11.3 Å². The molecule has 3 nitrogen and oxygen atoms in total. The number of fused-ring (bicyclic) bond motifs is 6. The van der Waals surface area contributed by atoms with Crippen LogP contribution in [0.5, 0.6) is 0 Å². The van der Waals surface area contributed by atoms with E-state index in [0.717, 1.165) is 85.4 Å². The predicted molar refractivity (Wildman–Crippen MR) is 246 cm³/mol. The highest BCUT2D eigenvalue weighted by atomic mass is 32.1. The normalized spacial score (nSPS) is 13.3. The van der Waals surface area contributed by atoms with Crippen molar-refractivity contribution in [2.45, 2.75) is 12.8 Å². The lowest BCUT2D eigenvalue weighted by Gasteiger charge is -2.13. The van der Waals surface area contributed by atoms with E-state index in [-0.39, 0.29) is 0 Å². The molecule has 0 saturated heterocycles. The van der Waals surface area contributed by atoms with Crippen molar-refractivity contribution >= 4 is 70.7 Å². The Kier molecular flexibility index (Phi) is 8.49. The van der Waals surface area contributed by atoms with Crippen LogP contribution in [0.3, 0.4) is 0 Å². The molecule has 1 aliphatic rings. The highest BCUT2D eigenvalue weighted by Gasteiger charge is 2.21. The van der Waals surface area contributed by atoms with Gasteiger partial charge in [-0.2, -0.15) is 0 Å². The van der Waals surface area contributed by atoms with E-state index in [1.54, 1.807) is 0 Å². The molecule has 8 aromatic carbocycles. The molecule has 0 unspecified atom stereocenters. The van der Waals surface area contributed by atoms with Crippen molar-refractivity contribution < 1.29 is 4.42 Å². The molecule has 274 valence electrons. The zero-order valence-electron chi connectivity index (χ0n) is 31.6. The number of benzene rings is 8. The van der Waals surface area contributed by atoms with Crippen LogP contribution in [-0.2, 0) is 0 Å². The number of aliphatic imine (C=N–C) groups is 2. The summed E-state index contributed by atoms with van der Waals surface area (Å²) in [6.45, 7) is 0. The van der Waals surface area contributed by atoms with Crippen molar-refractivity contribution in [1.82, 2.24) is 0 Å². The number of furan rings is 1. The Balaban J connectivity index is 1.10. The Labute approximate surface area is 340 Å². The maximum atomic E-state index is 6.75. The highest BCUT2D eigenvalue weighted by Crippen LogP contribution is 2.47. The van der Waals surface area contributed by atoms with Crippen LogP contribution in [0.4, 0.5) is 0 Å². The number of amidine groups is 1. The van der Waals surface area contributed by atoms with E-state index in [4.69, 9.17) is 14.4 Å². The zero-order chi connectivity index (χ0) is 38.4. The Morgan fingerprint density at radius 1 is 0.414 bits per heavy atom. The quantitative estimate of drug-likeness (QED) is 0.166. The fourth-order valence-corrected chi connectivity index (χ4v) is 9.73. The molecule has 4 heteroatoms. The average molecular weight is 761 g/mol. The molecule has 0 spiro atoms. The van der Waals surface area contributed by atoms with Gasteiger partial charge in [-0.1, -0.05) is 170 Å². The summed E-state index contributed by atoms with van der Waals surface area (Å²) in [6, 6.07) is 66.6. The minimum atomic E-state index is 0.727. The van der Waals surface area contributed by atoms with E-state index in [9.17, 15) is 0 Å². The molecule has 58 heavy (non-hydrogen) atoms. The second-order valence-electron chi connectivity index (χ2n) is 14.8. The number of para-hydroxylation sites is 1. The van der Waals surface area contributed by atoms with E-state index in [0.29, 0.717) is 0 Å². The molecule has 2 aromatic heterocycles. The summed E-state index contributed by atoms with van der Waals surface area (Å²) in [7, 11) is 0. The molecule has 0 atom stereocenters. The standard InChI is InChI=1S/C54H36N2OS/c1-4-16-35(17-5-1)38-22-12-23-39(32-38)40-33-46-41-24-10-11-31-50(41)57-51(46)47(34-40)44-27-13-25-42-43-26-14-28-45(53(43)58-52(42)44)49-30-15-29-48(36-18-6-2-7-19-36)55-54(56-49)37-20-8-3-9-21-37/h1-14,16-28,30-34H,15,29H2. The molecule has 0 saturated carbocycles. The first-order valence-corrected chi connectivity index (χ1v) is 20.6. The van der Waals surface area contributed by atoms with E-state index >= 15 is 0 Å². The SMILES string of the molecule is C1=C(c2cccc3c2sc2c(-c4cc(-c5cccc(-c6ccccc6)c5)cc5c4oc4ccccc45)cccc23)N=C(c2ccccc2)N=C(c2ccccc2)CC1. The molecule has 1 aliphatic heterocycles. The van der Waals surface area contributed by atoms with Crippen LogP contribution < -0.4 is 0 Å². The average Bonchev–Trinajstić information content (AvgIpc) is 3.86. The van der Waals surface area contributed by atoms with Crippen LogP contribution in [0, 0.1) is 0 Å². The minimum Gasteiger partial charge on any atom is -0.455 e. The number of hydrogen-bond acceptors (Lipinski definition) is 4. The van der Waals surface area contributed by atoms with Gasteiger partial charge in [0.25, 0.3) is 0 Å². The van der Waals surface area contributed by atoms with Gasteiger partial charge in [0.05, 0.1) is 11.4 Å². The van der Waals surface area contributed by atoms with Crippen LogP contribution >= 0.6 is 11.3 Å². The smallest absolute Gasteiger partial charge is 0.160 e. The van der Waals surface area contributed by atoms with Crippen molar-refractivity contribution in [1.29, 1.82) is 0 Å². The summed E-state index contributed by atoms with van der Waals surface area (Å²) >= 11 is 1.84. The third-order valence-electron chi connectivity index (χ3n) is 11.2. The van der Waals surface area contributed by atoms with Gasteiger partial charge < -0.3 is 4.42 Å². The van der Waals surface area contributed by atoms with Crippen LogP contribution in [0.25, 0.3) is 81.2 Å². The summed E-state index contributed by atoms with van der Waals surface area (Å²) in [5.74, 6) is 0.727. The van der Waals surface area contributed by atoms with Crippen molar-refractivity contribution in [2.75, 3.05) is 0 Å². The molecule has 11 rings (SSSR count). The third kappa shape index (κ3) is 6.06. The largest absolute Gasteiger partial charge is 0.455 e. The summed E-state index contributed by atoms with van der Waals surface area (Å²) in [4.78, 5) is 10.6. The van der Waals surface area contributed by atoms with Crippen molar-refractivity contribution in [3.63, 3.8) is 0 Å². The van der Waals surface area contributed by atoms with Gasteiger partial charge in [0.15, 0.2) is 5.84 Å². The summed E-state index contributed by atoms with van der Waals surface area (Å²) in [5, 5.41) is 4.68. The molecule has 0 N–H and O–H groups in total. The molecule has 0 fully saturated rings. The monoisotopic (exact) mass is 760 g/mol. The Morgan fingerprint density at radius 2 is 1.00 bits per heavy atom. The number of nitrogens with zero attached hydrogens (tertiary/aromatic N) is 2. The maximum Gasteiger partial charge on any atom is 0.160 e. The van der Waals surface area contributed by atoms with Gasteiger partial charge in [0.1, 0.15) is 11.2 Å². The van der Waals surface area contributed by atoms with E-state index in [1.165, 1.54) is 36.9 Å². The molecular weight excluding hydrogens is 725 g/mol. The van der Waals surface area contributed by atoms with E-state index in [2.05, 4.69) is 182 Å². The maximum absolute atomic E-state index is 6.75. The summed E-state index contributed by atoms with van der Waals surface area (Å²) in [6.07, 6.45) is 3.96. The number of rotatable bonds is 6. The minimum absolute atomic E-state index is 0.727. The van der Waals surface area contributed by atoms with Gasteiger partial charge in [0.2, 0.25) is 0 Å². The Bertz CT molecular complexity index is 3260. The molecule has 10 aromatic rings. The lowest BCUT2D eigenvalue weighted by Crippen LogP contribution is -2.09. The zero-order valence-corrected chi connectivity index (χ0v) is 32.4.